The summed E-state index contributed by atoms with van der Waals surface area (Å²) in [5, 5.41) is 9.04. The number of carbonyl (C=O) groups is 2. The van der Waals surface area contributed by atoms with E-state index in [1.807, 2.05) is 0 Å². The zero-order valence-electron chi connectivity index (χ0n) is 12.7. The Bertz CT molecular complexity index is 333. The summed E-state index contributed by atoms with van der Waals surface area (Å²) in [6.45, 7) is 6.39. The van der Waals surface area contributed by atoms with Crippen molar-refractivity contribution in [1.82, 2.24) is 9.80 Å². The van der Waals surface area contributed by atoms with Crippen LogP contribution in [0.15, 0.2) is 0 Å². The minimum absolute atomic E-state index is 0.0488. The van der Waals surface area contributed by atoms with Crippen molar-refractivity contribution in [1.29, 1.82) is 0 Å². The van der Waals surface area contributed by atoms with Gasteiger partial charge >= 0.3 is 0 Å². The van der Waals surface area contributed by atoms with Crippen molar-refractivity contribution >= 4 is 11.8 Å². The third-order valence-corrected chi connectivity index (χ3v) is 3.40. The van der Waals surface area contributed by atoms with Gasteiger partial charge in [-0.15, -0.1) is 0 Å². The van der Waals surface area contributed by atoms with Gasteiger partial charge in [0.2, 0.25) is 11.8 Å². The minimum atomic E-state index is -0.287. The molecule has 0 aliphatic carbocycles. The summed E-state index contributed by atoms with van der Waals surface area (Å²) in [4.78, 5) is 27.6. The molecule has 116 valence electrons. The average Bonchev–Trinajstić information content (AvgIpc) is 2.74. The Morgan fingerprint density at radius 3 is 2.75 bits per heavy atom. The van der Waals surface area contributed by atoms with Crippen molar-refractivity contribution in [3.63, 3.8) is 0 Å². The van der Waals surface area contributed by atoms with Crippen molar-refractivity contribution in [3.8, 4) is 0 Å². The van der Waals surface area contributed by atoms with Crippen LogP contribution in [0.25, 0.3) is 0 Å². The summed E-state index contributed by atoms with van der Waals surface area (Å²) in [5.41, 5.74) is 0. The summed E-state index contributed by atoms with van der Waals surface area (Å²) >= 11 is 0. The molecule has 1 atom stereocenters. The van der Waals surface area contributed by atoms with E-state index in [1.165, 1.54) is 0 Å². The second kappa shape index (κ2) is 8.21. The van der Waals surface area contributed by atoms with Crippen LogP contribution in [0.4, 0.5) is 0 Å². The maximum absolute atomic E-state index is 12.4. The predicted molar refractivity (Wildman–Crippen MR) is 75.1 cm³/mol. The van der Waals surface area contributed by atoms with Crippen LogP contribution >= 0.6 is 0 Å². The van der Waals surface area contributed by atoms with Crippen molar-refractivity contribution in [2.24, 2.45) is 11.8 Å². The van der Waals surface area contributed by atoms with Gasteiger partial charge in [-0.25, -0.2) is 0 Å². The molecule has 1 fully saturated rings. The standard InChI is InChI=1S/C14H26N2O4/c1-11(2)9-16-10-12(8-13(16)18)14(19)15(4-6-17)5-7-20-3/h11-12,17H,4-10H2,1-3H3. The van der Waals surface area contributed by atoms with E-state index >= 15 is 0 Å². The summed E-state index contributed by atoms with van der Waals surface area (Å²) in [6.07, 6.45) is 0.278. The third-order valence-electron chi connectivity index (χ3n) is 3.40. The molecular weight excluding hydrogens is 260 g/mol. The molecule has 1 heterocycles. The molecule has 0 bridgehead atoms. The van der Waals surface area contributed by atoms with Gasteiger partial charge in [0.25, 0.3) is 0 Å². The molecule has 0 spiro atoms. The Labute approximate surface area is 120 Å². The van der Waals surface area contributed by atoms with Gasteiger partial charge in [0.05, 0.1) is 19.1 Å². The van der Waals surface area contributed by atoms with E-state index < -0.39 is 0 Å². The van der Waals surface area contributed by atoms with Crippen molar-refractivity contribution < 1.29 is 19.4 Å². The van der Waals surface area contributed by atoms with Gasteiger partial charge < -0.3 is 19.6 Å². The van der Waals surface area contributed by atoms with Crippen molar-refractivity contribution in [2.45, 2.75) is 20.3 Å². The Hall–Kier alpha value is -1.14. The first-order valence-corrected chi connectivity index (χ1v) is 7.16. The molecule has 1 N–H and O–H groups in total. The summed E-state index contributed by atoms with van der Waals surface area (Å²) in [5.74, 6) is 0.0999. The van der Waals surface area contributed by atoms with Gasteiger partial charge in [0.15, 0.2) is 0 Å². The van der Waals surface area contributed by atoms with E-state index in [2.05, 4.69) is 13.8 Å². The number of hydrogen-bond acceptors (Lipinski definition) is 4. The van der Waals surface area contributed by atoms with Crippen molar-refractivity contribution in [3.05, 3.63) is 0 Å². The molecule has 0 aromatic rings. The van der Waals surface area contributed by atoms with Gasteiger partial charge in [0, 0.05) is 39.7 Å². The zero-order valence-corrected chi connectivity index (χ0v) is 12.7. The summed E-state index contributed by atoms with van der Waals surface area (Å²) < 4.78 is 4.97. The fourth-order valence-corrected chi connectivity index (χ4v) is 2.47. The molecule has 0 aromatic heterocycles. The fourth-order valence-electron chi connectivity index (χ4n) is 2.47. The lowest BCUT2D eigenvalue weighted by Gasteiger charge is -2.25. The lowest BCUT2D eigenvalue weighted by molar-refractivity contribution is -0.137. The molecule has 1 unspecified atom stereocenters. The molecule has 2 amide bonds. The van der Waals surface area contributed by atoms with Gasteiger partial charge in [-0.05, 0) is 5.92 Å². The second-order valence-corrected chi connectivity index (χ2v) is 5.64. The maximum Gasteiger partial charge on any atom is 0.228 e. The largest absolute Gasteiger partial charge is 0.395 e. The third kappa shape index (κ3) is 4.76. The number of rotatable bonds is 8. The van der Waals surface area contributed by atoms with E-state index in [9.17, 15) is 9.59 Å². The molecule has 0 radical (unpaired) electrons. The molecule has 6 heteroatoms. The highest BCUT2D eigenvalue weighted by molar-refractivity contribution is 5.89. The van der Waals surface area contributed by atoms with E-state index in [1.54, 1.807) is 16.9 Å². The predicted octanol–water partition coefficient (Wildman–Crippen LogP) is -0.0418. The number of aliphatic hydroxyl groups excluding tert-OH is 1. The Kier molecular flexibility index (Phi) is 6.95. The van der Waals surface area contributed by atoms with Gasteiger partial charge in [-0.3, -0.25) is 9.59 Å². The first-order chi connectivity index (χ1) is 9.49. The molecule has 0 saturated carbocycles. The lowest BCUT2D eigenvalue weighted by atomic mass is 10.1. The van der Waals surface area contributed by atoms with E-state index in [0.29, 0.717) is 32.2 Å². The van der Waals surface area contributed by atoms with Crippen LogP contribution in [0, 0.1) is 11.8 Å². The fraction of sp³-hybridized carbons (Fsp3) is 0.857. The Balaban J connectivity index is 2.59. The monoisotopic (exact) mass is 286 g/mol. The SMILES string of the molecule is COCCN(CCO)C(=O)C1CC(=O)N(CC(C)C)C1. The molecule has 20 heavy (non-hydrogen) atoms. The Morgan fingerprint density at radius 2 is 2.20 bits per heavy atom. The second-order valence-electron chi connectivity index (χ2n) is 5.64. The first-order valence-electron chi connectivity index (χ1n) is 7.16. The molecule has 1 rings (SSSR count). The van der Waals surface area contributed by atoms with Crippen LogP contribution in [0.1, 0.15) is 20.3 Å². The van der Waals surface area contributed by atoms with Crippen LogP contribution in [0.5, 0.6) is 0 Å². The highest BCUT2D eigenvalue weighted by atomic mass is 16.5. The molecule has 6 nitrogen and oxygen atoms in total. The zero-order chi connectivity index (χ0) is 15.1. The van der Waals surface area contributed by atoms with Gasteiger partial charge in [-0.2, -0.15) is 0 Å². The highest BCUT2D eigenvalue weighted by Crippen LogP contribution is 2.21. The van der Waals surface area contributed by atoms with Crippen LogP contribution in [-0.4, -0.2) is 73.2 Å². The minimum Gasteiger partial charge on any atom is -0.395 e. The number of ether oxygens (including phenoxy) is 1. The number of aliphatic hydroxyl groups is 1. The topological polar surface area (TPSA) is 70.1 Å². The summed E-state index contributed by atoms with van der Waals surface area (Å²) in [7, 11) is 1.57. The maximum atomic E-state index is 12.4. The average molecular weight is 286 g/mol. The normalized spacial score (nSPS) is 18.9. The number of amides is 2. The van der Waals surface area contributed by atoms with Crippen molar-refractivity contribution in [2.75, 3.05) is 46.5 Å². The molecule has 1 saturated heterocycles. The summed E-state index contributed by atoms with van der Waals surface area (Å²) in [6, 6.07) is 0. The van der Waals surface area contributed by atoms with E-state index in [4.69, 9.17) is 9.84 Å². The van der Waals surface area contributed by atoms with Crippen LogP contribution in [-0.2, 0) is 14.3 Å². The van der Waals surface area contributed by atoms with Gasteiger partial charge in [-0.1, -0.05) is 13.8 Å². The molecular formula is C14H26N2O4. The van der Waals surface area contributed by atoms with E-state index in [-0.39, 0.29) is 37.3 Å². The number of carbonyl (C=O) groups excluding carboxylic acids is 2. The highest BCUT2D eigenvalue weighted by Gasteiger charge is 2.36. The Morgan fingerprint density at radius 1 is 1.50 bits per heavy atom. The molecule has 1 aliphatic rings. The number of methoxy groups -OCH3 is 1. The van der Waals surface area contributed by atoms with Gasteiger partial charge in [0.1, 0.15) is 0 Å². The van der Waals surface area contributed by atoms with Crippen LogP contribution in [0.2, 0.25) is 0 Å². The van der Waals surface area contributed by atoms with Crippen LogP contribution in [0.3, 0.4) is 0 Å². The number of nitrogens with zero attached hydrogens (tertiary/aromatic N) is 2. The number of likely N-dealkylation sites (tertiary alicyclic amines) is 1. The van der Waals surface area contributed by atoms with Crippen LogP contribution < -0.4 is 0 Å². The molecule has 0 aromatic carbocycles. The smallest absolute Gasteiger partial charge is 0.228 e. The number of hydrogen-bond donors (Lipinski definition) is 1. The lowest BCUT2D eigenvalue weighted by Crippen LogP contribution is -2.41. The quantitative estimate of drug-likeness (QED) is 0.679. The molecule has 1 aliphatic heterocycles. The van der Waals surface area contributed by atoms with E-state index in [0.717, 1.165) is 0 Å². The first kappa shape index (κ1) is 16.9.